The molecule has 2 N–H and O–H groups in total. The molecule has 3 rings (SSSR count). The van der Waals surface area contributed by atoms with Gasteiger partial charge in [-0.15, -0.1) is 0 Å². The van der Waals surface area contributed by atoms with Crippen LogP contribution in [-0.4, -0.2) is 28.3 Å². The number of amides is 1. The van der Waals surface area contributed by atoms with E-state index < -0.39 is 0 Å². The Morgan fingerprint density at radius 1 is 1.41 bits per heavy atom. The molecular weight excluding hydrogens is 300 g/mol. The Labute approximate surface area is 134 Å². The minimum absolute atomic E-state index is 0.00882. The number of carbonyl (C=O) groups is 1. The summed E-state index contributed by atoms with van der Waals surface area (Å²) in [5, 5.41) is 11.1. The van der Waals surface area contributed by atoms with E-state index in [1.165, 1.54) is 0 Å². The number of hydrogen-bond acceptors (Lipinski definition) is 3. The Balaban J connectivity index is 1.70. The third-order valence-electron chi connectivity index (χ3n) is 4.02. The van der Waals surface area contributed by atoms with Crippen molar-refractivity contribution < 1.29 is 4.79 Å². The van der Waals surface area contributed by atoms with Crippen LogP contribution >= 0.6 is 11.6 Å². The van der Waals surface area contributed by atoms with Crippen molar-refractivity contribution >= 4 is 23.3 Å². The molecule has 0 bridgehead atoms. The fourth-order valence-electron chi connectivity index (χ4n) is 2.59. The maximum absolute atomic E-state index is 12.3. The standard InChI is InChI=1S/C16H19ClN4O/c1-16(2)10-18-14(16)15(22)20-13-7-8-19-21(13)9-11-3-5-12(17)6-4-11/h3-8,14,18H,9-10H2,1-2H3,(H,20,22). The van der Waals surface area contributed by atoms with E-state index in [-0.39, 0.29) is 17.4 Å². The van der Waals surface area contributed by atoms with Crippen molar-refractivity contribution in [3.63, 3.8) is 0 Å². The van der Waals surface area contributed by atoms with Crippen molar-refractivity contribution in [3.05, 3.63) is 47.1 Å². The number of carbonyl (C=O) groups excluding carboxylic acids is 1. The second-order valence-corrected chi connectivity index (χ2v) is 6.73. The van der Waals surface area contributed by atoms with Crippen LogP contribution in [0.4, 0.5) is 5.82 Å². The Hall–Kier alpha value is -1.85. The molecule has 2 heterocycles. The van der Waals surface area contributed by atoms with Crippen LogP contribution in [-0.2, 0) is 11.3 Å². The van der Waals surface area contributed by atoms with Gasteiger partial charge in [0.15, 0.2) is 0 Å². The van der Waals surface area contributed by atoms with Crippen molar-refractivity contribution in [1.29, 1.82) is 0 Å². The molecule has 5 nitrogen and oxygen atoms in total. The molecule has 1 amide bonds. The third kappa shape index (κ3) is 3.00. The first-order valence-electron chi connectivity index (χ1n) is 7.26. The number of rotatable bonds is 4. The number of anilines is 1. The number of nitrogens with zero attached hydrogens (tertiary/aromatic N) is 2. The van der Waals surface area contributed by atoms with E-state index in [0.717, 1.165) is 12.1 Å². The highest BCUT2D eigenvalue weighted by Crippen LogP contribution is 2.28. The maximum Gasteiger partial charge on any atom is 0.243 e. The quantitative estimate of drug-likeness (QED) is 0.910. The first-order valence-corrected chi connectivity index (χ1v) is 7.64. The van der Waals surface area contributed by atoms with Gasteiger partial charge in [-0.2, -0.15) is 5.10 Å². The van der Waals surface area contributed by atoms with Gasteiger partial charge < -0.3 is 10.6 Å². The Kier molecular flexibility index (Phi) is 3.93. The topological polar surface area (TPSA) is 59.0 Å². The molecule has 1 aliphatic rings. The van der Waals surface area contributed by atoms with E-state index in [2.05, 4.69) is 29.6 Å². The summed E-state index contributed by atoms with van der Waals surface area (Å²) in [6.45, 7) is 5.61. The fraction of sp³-hybridized carbons (Fsp3) is 0.375. The fourth-order valence-corrected chi connectivity index (χ4v) is 2.71. The van der Waals surface area contributed by atoms with Gasteiger partial charge in [0.05, 0.1) is 18.8 Å². The molecule has 0 aliphatic carbocycles. The molecule has 0 radical (unpaired) electrons. The molecule has 2 aromatic rings. The lowest BCUT2D eigenvalue weighted by Gasteiger charge is -2.44. The van der Waals surface area contributed by atoms with Gasteiger partial charge in [-0.1, -0.05) is 37.6 Å². The molecule has 0 saturated carbocycles. The van der Waals surface area contributed by atoms with Crippen LogP contribution in [0, 0.1) is 5.41 Å². The minimum Gasteiger partial charge on any atom is -0.310 e. The van der Waals surface area contributed by atoms with Crippen molar-refractivity contribution in [2.24, 2.45) is 5.41 Å². The summed E-state index contributed by atoms with van der Waals surface area (Å²) in [4.78, 5) is 12.3. The highest BCUT2D eigenvalue weighted by molar-refractivity contribution is 6.30. The van der Waals surface area contributed by atoms with E-state index >= 15 is 0 Å². The SMILES string of the molecule is CC1(C)CNC1C(=O)Nc1ccnn1Cc1ccc(Cl)cc1. The van der Waals surface area contributed by atoms with Crippen LogP contribution in [0.1, 0.15) is 19.4 Å². The van der Waals surface area contributed by atoms with Crippen LogP contribution in [0.3, 0.4) is 0 Å². The molecule has 6 heteroatoms. The van der Waals surface area contributed by atoms with Gasteiger partial charge >= 0.3 is 0 Å². The van der Waals surface area contributed by atoms with Gasteiger partial charge in [-0.3, -0.25) is 4.79 Å². The van der Waals surface area contributed by atoms with E-state index in [1.807, 2.05) is 24.3 Å². The predicted octanol–water partition coefficient (Wildman–Crippen LogP) is 2.52. The van der Waals surface area contributed by atoms with Crippen molar-refractivity contribution in [3.8, 4) is 0 Å². The summed E-state index contributed by atoms with van der Waals surface area (Å²) in [5.41, 5.74) is 1.07. The molecule has 1 aromatic carbocycles. The van der Waals surface area contributed by atoms with Crippen LogP contribution in [0.5, 0.6) is 0 Å². The number of halogens is 1. The second-order valence-electron chi connectivity index (χ2n) is 6.29. The van der Waals surface area contributed by atoms with Gasteiger partial charge in [0.1, 0.15) is 5.82 Å². The monoisotopic (exact) mass is 318 g/mol. The zero-order valence-corrected chi connectivity index (χ0v) is 13.4. The average Bonchev–Trinajstić information content (AvgIpc) is 2.87. The lowest BCUT2D eigenvalue weighted by atomic mass is 9.77. The lowest BCUT2D eigenvalue weighted by molar-refractivity contribution is -0.124. The van der Waals surface area contributed by atoms with Crippen LogP contribution in [0.25, 0.3) is 0 Å². The summed E-state index contributed by atoms with van der Waals surface area (Å²) < 4.78 is 1.77. The summed E-state index contributed by atoms with van der Waals surface area (Å²) in [5.74, 6) is 0.679. The Morgan fingerprint density at radius 3 is 2.73 bits per heavy atom. The van der Waals surface area contributed by atoms with Gasteiger partial charge in [-0.25, -0.2) is 4.68 Å². The summed E-state index contributed by atoms with van der Waals surface area (Å²) in [7, 11) is 0. The molecular formula is C16H19ClN4O. The Bertz CT molecular complexity index is 678. The van der Waals surface area contributed by atoms with E-state index in [4.69, 9.17) is 11.6 Å². The summed E-state index contributed by atoms with van der Waals surface area (Å²) in [6, 6.07) is 9.24. The smallest absolute Gasteiger partial charge is 0.243 e. The van der Waals surface area contributed by atoms with E-state index in [0.29, 0.717) is 17.4 Å². The highest BCUT2D eigenvalue weighted by atomic mass is 35.5. The average molecular weight is 319 g/mol. The molecule has 1 aliphatic heterocycles. The molecule has 0 spiro atoms. The van der Waals surface area contributed by atoms with E-state index in [9.17, 15) is 4.79 Å². The third-order valence-corrected chi connectivity index (χ3v) is 4.27. The number of benzene rings is 1. The zero-order valence-electron chi connectivity index (χ0n) is 12.6. The Morgan fingerprint density at radius 2 is 2.14 bits per heavy atom. The van der Waals surface area contributed by atoms with Gasteiger partial charge in [0.2, 0.25) is 5.91 Å². The highest BCUT2D eigenvalue weighted by Gasteiger charge is 2.43. The summed E-state index contributed by atoms with van der Waals surface area (Å²) in [6.07, 6.45) is 1.69. The molecule has 1 fully saturated rings. The van der Waals surface area contributed by atoms with Crippen molar-refractivity contribution in [1.82, 2.24) is 15.1 Å². The zero-order chi connectivity index (χ0) is 15.7. The van der Waals surface area contributed by atoms with E-state index in [1.54, 1.807) is 16.9 Å². The lowest BCUT2D eigenvalue weighted by Crippen LogP contribution is -2.64. The van der Waals surface area contributed by atoms with Gasteiger partial charge in [0.25, 0.3) is 0 Å². The normalized spacial score (nSPS) is 19.5. The largest absolute Gasteiger partial charge is 0.310 e. The maximum atomic E-state index is 12.3. The summed E-state index contributed by atoms with van der Waals surface area (Å²) >= 11 is 5.89. The molecule has 1 aromatic heterocycles. The van der Waals surface area contributed by atoms with Crippen LogP contribution < -0.4 is 10.6 Å². The van der Waals surface area contributed by atoms with Crippen LogP contribution in [0.2, 0.25) is 5.02 Å². The molecule has 1 unspecified atom stereocenters. The van der Waals surface area contributed by atoms with Crippen LogP contribution in [0.15, 0.2) is 36.5 Å². The van der Waals surface area contributed by atoms with Gasteiger partial charge in [-0.05, 0) is 17.7 Å². The molecule has 1 atom stereocenters. The van der Waals surface area contributed by atoms with Crippen molar-refractivity contribution in [2.45, 2.75) is 26.4 Å². The molecule has 1 saturated heterocycles. The first kappa shape index (κ1) is 15.1. The number of nitrogens with one attached hydrogen (secondary N) is 2. The van der Waals surface area contributed by atoms with Gasteiger partial charge in [0, 0.05) is 23.0 Å². The molecule has 116 valence electrons. The predicted molar refractivity (Wildman–Crippen MR) is 87.0 cm³/mol. The molecule has 22 heavy (non-hydrogen) atoms. The minimum atomic E-state index is -0.161. The second kappa shape index (κ2) is 5.74. The van der Waals surface area contributed by atoms with Crippen molar-refractivity contribution in [2.75, 3.05) is 11.9 Å². The first-order chi connectivity index (χ1) is 10.5. The number of hydrogen-bond donors (Lipinski definition) is 2. The number of aromatic nitrogens is 2.